The fourth-order valence-electron chi connectivity index (χ4n) is 3.16. The summed E-state index contributed by atoms with van der Waals surface area (Å²) >= 11 is 7.54. The summed E-state index contributed by atoms with van der Waals surface area (Å²) in [6.07, 6.45) is 1.73. The fraction of sp³-hybridized carbons (Fsp3) is 0.333. The van der Waals surface area contributed by atoms with E-state index in [-0.39, 0.29) is 23.9 Å². The van der Waals surface area contributed by atoms with E-state index in [0.717, 1.165) is 5.69 Å². The largest absolute Gasteiger partial charge is 0.383 e. The lowest BCUT2D eigenvalue weighted by Crippen LogP contribution is -2.32. The molecule has 1 amide bonds. The third-order valence-corrected chi connectivity index (χ3v) is 5.81. The van der Waals surface area contributed by atoms with Crippen LogP contribution in [0.25, 0.3) is 16.7 Å². The molecule has 2 aromatic heterocycles. The number of carbonyl (C=O) groups is 1. The lowest BCUT2D eigenvalue weighted by molar-refractivity contribution is -0.121. The predicted molar refractivity (Wildman–Crippen MR) is 107 cm³/mol. The van der Waals surface area contributed by atoms with Gasteiger partial charge >= 0.3 is 0 Å². The van der Waals surface area contributed by atoms with Crippen LogP contribution < -0.4 is 10.9 Å². The van der Waals surface area contributed by atoms with Crippen molar-refractivity contribution in [3.8, 4) is 5.69 Å². The van der Waals surface area contributed by atoms with E-state index in [1.54, 1.807) is 28.5 Å². The van der Waals surface area contributed by atoms with Crippen LogP contribution in [0.5, 0.6) is 0 Å². The minimum absolute atomic E-state index is 0.114. The van der Waals surface area contributed by atoms with Crippen LogP contribution >= 0.6 is 23.4 Å². The standard InChI is InChI=1S/C18H18ClN5O3S/c1-27-6-5-20-15(25)8-13-10-28-18-22-16-14(17(26)23(13)18)9-21-24(16)12-4-2-3-11(19)7-12/h2-4,7,9,13H,5-6,8,10H2,1H3,(H,20,25)/t13-/m1/s1. The SMILES string of the molecule is COCCNC(=O)C[C@@H]1CSc2nc3c(cnn3-c3cccc(Cl)c3)c(=O)n21. The molecule has 0 spiro atoms. The molecule has 1 aliphatic heterocycles. The van der Waals surface area contributed by atoms with Gasteiger partial charge in [-0.05, 0) is 18.2 Å². The Morgan fingerprint density at radius 1 is 1.46 bits per heavy atom. The third-order valence-electron chi connectivity index (χ3n) is 4.47. The first-order chi connectivity index (χ1) is 13.6. The molecule has 0 saturated heterocycles. The number of nitrogens with zero attached hydrogens (tertiary/aromatic N) is 4. The van der Waals surface area contributed by atoms with Gasteiger partial charge in [0, 0.05) is 30.9 Å². The van der Waals surface area contributed by atoms with Crippen LogP contribution in [0.1, 0.15) is 12.5 Å². The molecule has 8 nitrogen and oxygen atoms in total. The van der Waals surface area contributed by atoms with Crippen LogP contribution in [0.3, 0.4) is 0 Å². The highest BCUT2D eigenvalue weighted by atomic mass is 35.5. The molecule has 1 aliphatic rings. The van der Waals surface area contributed by atoms with E-state index < -0.39 is 0 Å². The minimum atomic E-state index is -0.235. The number of fused-ring (bicyclic) bond motifs is 2. The second kappa shape index (κ2) is 7.94. The van der Waals surface area contributed by atoms with Crippen molar-refractivity contribution in [1.29, 1.82) is 0 Å². The molecular weight excluding hydrogens is 402 g/mol. The molecule has 0 bridgehead atoms. The zero-order valence-corrected chi connectivity index (χ0v) is 16.7. The molecule has 0 unspecified atom stereocenters. The van der Waals surface area contributed by atoms with E-state index in [2.05, 4.69) is 15.4 Å². The second-order valence-electron chi connectivity index (χ2n) is 6.35. The molecule has 1 atom stereocenters. The summed E-state index contributed by atoms with van der Waals surface area (Å²) in [6.45, 7) is 0.896. The lowest BCUT2D eigenvalue weighted by atomic mass is 10.2. The monoisotopic (exact) mass is 419 g/mol. The highest BCUT2D eigenvalue weighted by molar-refractivity contribution is 7.99. The van der Waals surface area contributed by atoms with Gasteiger partial charge in [-0.2, -0.15) is 5.10 Å². The zero-order valence-electron chi connectivity index (χ0n) is 15.1. The van der Waals surface area contributed by atoms with Gasteiger partial charge in [-0.1, -0.05) is 29.4 Å². The normalized spacial score (nSPS) is 15.7. The first-order valence-corrected chi connectivity index (χ1v) is 10.1. The van der Waals surface area contributed by atoms with Crippen LogP contribution in [0.2, 0.25) is 5.02 Å². The molecule has 10 heteroatoms. The molecular formula is C18H18ClN5O3S. The van der Waals surface area contributed by atoms with Crippen molar-refractivity contribution >= 4 is 40.3 Å². The van der Waals surface area contributed by atoms with E-state index in [1.807, 2.05) is 12.1 Å². The Hall–Kier alpha value is -2.36. The lowest BCUT2D eigenvalue weighted by Gasteiger charge is -2.13. The van der Waals surface area contributed by atoms with Gasteiger partial charge in [0.25, 0.3) is 5.56 Å². The molecule has 1 aromatic carbocycles. The molecule has 0 radical (unpaired) electrons. The third kappa shape index (κ3) is 3.52. The minimum Gasteiger partial charge on any atom is -0.383 e. The van der Waals surface area contributed by atoms with Gasteiger partial charge in [0.2, 0.25) is 5.91 Å². The van der Waals surface area contributed by atoms with Crippen molar-refractivity contribution in [2.75, 3.05) is 26.0 Å². The summed E-state index contributed by atoms with van der Waals surface area (Å²) in [6, 6.07) is 6.97. The summed E-state index contributed by atoms with van der Waals surface area (Å²) < 4.78 is 8.14. The Morgan fingerprint density at radius 3 is 3.11 bits per heavy atom. The number of ether oxygens (including phenoxy) is 1. The summed E-state index contributed by atoms with van der Waals surface area (Å²) in [5.74, 6) is 0.508. The molecule has 28 heavy (non-hydrogen) atoms. The number of aromatic nitrogens is 4. The van der Waals surface area contributed by atoms with E-state index in [4.69, 9.17) is 16.3 Å². The number of carbonyl (C=O) groups excluding carboxylic acids is 1. The van der Waals surface area contributed by atoms with Gasteiger partial charge in [-0.25, -0.2) is 9.67 Å². The van der Waals surface area contributed by atoms with Crippen molar-refractivity contribution in [2.45, 2.75) is 17.6 Å². The van der Waals surface area contributed by atoms with E-state index in [1.165, 1.54) is 18.0 Å². The molecule has 0 saturated carbocycles. The average Bonchev–Trinajstić information content (AvgIpc) is 3.27. The van der Waals surface area contributed by atoms with Crippen LogP contribution in [0.15, 0.2) is 40.4 Å². The highest BCUT2D eigenvalue weighted by Crippen LogP contribution is 2.33. The van der Waals surface area contributed by atoms with Crippen molar-refractivity contribution in [3.63, 3.8) is 0 Å². The van der Waals surface area contributed by atoms with Gasteiger partial charge in [0.05, 0.1) is 24.5 Å². The van der Waals surface area contributed by atoms with E-state index >= 15 is 0 Å². The molecule has 3 aromatic rings. The molecule has 0 aliphatic carbocycles. The Bertz CT molecular complexity index is 1100. The maximum absolute atomic E-state index is 13.1. The smallest absolute Gasteiger partial charge is 0.265 e. The van der Waals surface area contributed by atoms with Crippen LogP contribution in [-0.4, -0.2) is 51.3 Å². The Labute approximate surface area is 169 Å². The second-order valence-corrected chi connectivity index (χ2v) is 7.78. The molecule has 0 fully saturated rings. The molecule has 146 valence electrons. The number of halogens is 1. The van der Waals surface area contributed by atoms with E-state index in [9.17, 15) is 9.59 Å². The first kappa shape index (κ1) is 19.0. The van der Waals surface area contributed by atoms with Gasteiger partial charge < -0.3 is 10.1 Å². The molecule has 1 N–H and O–H groups in total. The number of rotatable bonds is 6. The zero-order chi connectivity index (χ0) is 19.7. The van der Waals surface area contributed by atoms with Crippen LogP contribution in [0, 0.1) is 0 Å². The number of benzene rings is 1. The Morgan fingerprint density at radius 2 is 2.32 bits per heavy atom. The Balaban J connectivity index is 1.66. The summed E-state index contributed by atoms with van der Waals surface area (Å²) in [5, 5.41) is 8.70. The number of methoxy groups -OCH3 is 1. The topological polar surface area (TPSA) is 91.0 Å². The maximum Gasteiger partial charge on any atom is 0.265 e. The highest BCUT2D eigenvalue weighted by Gasteiger charge is 2.29. The van der Waals surface area contributed by atoms with Crippen molar-refractivity contribution in [3.05, 3.63) is 45.8 Å². The Kier molecular flexibility index (Phi) is 5.38. The van der Waals surface area contributed by atoms with Gasteiger partial charge in [0.1, 0.15) is 5.39 Å². The van der Waals surface area contributed by atoms with Crippen molar-refractivity contribution in [2.24, 2.45) is 0 Å². The maximum atomic E-state index is 13.1. The summed E-state index contributed by atoms with van der Waals surface area (Å²) in [4.78, 5) is 29.8. The number of amides is 1. The first-order valence-electron chi connectivity index (χ1n) is 8.73. The summed E-state index contributed by atoms with van der Waals surface area (Å²) in [5.41, 5.74) is 1.03. The predicted octanol–water partition coefficient (Wildman–Crippen LogP) is 2.04. The van der Waals surface area contributed by atoms with Gasteiger partial charge in [-0.15, -0.1) is 0 Å². The fourth-order valence-corrected chi connectivity index (χ4v) is 4.47. The number of hydrogen-bond donors (Lipinski definition) is 1. The summed E-state index contributed by atoms with van der Waals surface area (Å²) in [7, 11) is 1.58. The molecule has 3 heterocycles. The number of nitrogens with one attached hydrogen (secondary N) is 1. The quantitative estimate of drug-likeness (QED) is 0.485. The van der Waals surface area contributed by atoms with E-state index in [0.29, 0.717) is 40.1 Å². The van der Waals surface area contributed by atoms with Crippen LogP contribution in [-0.2, 0) is 9.53 Å². The van der Waals surface area contributed by atoms with Gasteiger partial charge in [-0.3, -0.25) is 14.2 Å². The number of thioether (sulfide) groups is 1. The van der Waals surface area contributed by atoms with Crippen molar-refractivity contribution < 1.29 is 9.53 Å². The average molecular weight is 420 g/mol. The van der Waals surface area contributed by atoms with Crippen molar-refractivity contribution in [1.82, 2.24) is 24.6 Å². The number of hydrogen-bond acceptors (Lipinski definition) is 6. The van der Waals surface area contributed by atoms with Crippen LogP contribution in [0.4, 0.5) is 0 Å². The van der Waals surface area contributed by atoms with Gasteiger partial charge in [0.15, 0.2) is 10.8 Å². The molecule has 4 rings (SSSR count).